The molecule has 1 rings (SSSR count). The zero-order valence-electron chi connectivity index (χ0n) is 7.21. The van der Waals surface area contributed by atoms with E-state index in [1.807, 2.05) is 0 Å². The first-order valence-corrected chi connectivity index (χ1v) is 4.09. The molecule has 2 atom stereocenters. The van der Waals surface area contributed by atoms with Crippen molar-refractivity contribution in [1.29, 1.82) is 0 Å². The van der Waals surface area contributed by atoms with Crippen LogP contribution in [0.3, 0.4) is 0 Å². The number of rotatable bonds is 3. The summed E-state index contributed by atoms with van der Waals surface area (Å²) in [6.07, 6.45) is 1.42. The van der Waals surface area contributed by atoms with E-state index in [1.165, 1.54) is 0 Å². The van der Waals surface area contributed by atoms with E-state index in [0.717, 1.165) is 13.0 Å². The van der Waals surface area contributed by atoms with Crippen LogP contribution in [0, 0.1) is 0 Å². The first-order valence-electron chi connectivity index (χ1n) is 4.09. The molecule has 1 aliphatic heterocycles. The molecule has 0 radical (unpaired) electrons. The summed E-state index contributed by atoms with van der Waals surface area (Å²) < 4.78 is 15.9. The van der Waals surface area contributed by atoms with E-state index < -0.39 is 0 Å². The standard InChI is InChI=1S/C8H16O3/c1-3-7-5-10-6-8(11-7)4-9-2/h7-8H,3-6H2,1-2H3. The van der Waals surface area contributed by atoms with Crippen molar-refractivity contribution in [2.75, 3.05) is 26.9 Å². The maximum absolute atomic E-state index is 5.63. The Morgan fingerprint density at radius 2 is 2.09 bits per heavy atom. The molecule has 2 unspecified atom stereocenters. The molecule has 0 aromatic rings. The molecule has 0 aliphatic carbocycles. The molecule has 3 heteroatoms. The van der Waals surface area contributed by atoms with E-state index in [0.29, 0.717) is 13.2 Å². The summed E-state index contributed by atoms with van der Waals surface area (Å²) in [5.74, 6) is 0. The van der Waals surface area contributed by atoms with Gasteiger partial charge in [-0.05, 0) is 6.42 Å². The number of ether oxygens (including phenoxy) is 3. The number of hydrogen-bond acceptors (Lipinski definition) is 3. The summed E-state index contributed by atoms with van der Waals surface area (Å²) in [6.45, 7) is 4.14. The highest BCUT2D eigenvalue weighted by molar-refractivity contribution is 4.66. The zero-order chi connectivity index (χ0) is 8.10. The fraction of sp³-hybridized carbons (Fsp3) is 1.00. The van der Waals surface area contributed by atoms with Gasteiger partial charge in [-0.15, -0.1) is 0 Å². The third-order valence-electron chi connectivity index (χ3n) is 1.80. The van der Waals surface area contributed by atoms with Gasteiger partial charge in [-0.25, -0.2) is 0 Å². The van der Waals surface area contributed by atoms with Crippen molar-refractivity contribution in [2.45, 2.75) is 25.6 Å². The summed E-state index contributed by atoms with van der Waals surface area (Å²) >= 11 is 0. The van der Waals surface area contributed by atoms with Gasteiger partial charge in [-0.2, -0.15) is 0 Å². The molecule has 1 saturated heterocycles. The van der Waals surface area contributed by atoms with Crippen molar-refractivity contribution in [3.63, 3.8) is 0 Å². The van der Waals surface area contributed by atoms with Gasteiger partial charge in [0, 0.05) is 7.11 Å². The Morgan fingerprint density at radius 1 is 1.36 bits per heavy atom. The topological polar surface area (TPSA) is 27.7 Å². The second kappa shape index (κ2) is 4.70. The first kappa shape index (κ1) is 8.97. The third kappa shape index (κ3) is 2.77. The maximum Gasteiger partial charge on any atom is 0.105 e. The second-order valence-electron chi connectivity index (χ2n) is 2.78. The largest absolute Gasteiger partial charge is 0.382 e. The molecule has 11 heavy (non-hydrogen) atoms. The van der Waals surface area contributed by atoms with Crippen LogP contribution >= 0.6 is 0 Å². The highest BCUT2D eigenvalue weighted by atomic mass is 16.6. The molecule has 0 amide bonds. The predicted octanol–water partition coefficient (Wildman–Crippen LogP) is 0.827. The van der Waals surface area contributed by atoms with Gasteiger partial charge in [-0.1, -0.05) is 6.92 Å². The van der Waals surface area contributed by atoms with Crippen molar-refractivity contribution in [3.05, 3.63) is 0 Å². The summed E-state index contributed by atoms with van der Waals surface area (Å²) in [6, 6.07) is 0. The minimum Gasteiger partial charge on any atom is -0.382 e. The Labute approximate surface area is 67.6 Å². The van der Waals surface area contributed by atoms with Gasteiger partial charge in [0.15, 0.2) is 0 Å². The predicted molar refractivity (Wildman–Crippen MR) is 41.6 cm³/mol. The van der Waals surface area contributed by atoms with Gasteiger partial charge in [0.2, 0.25) is 0 Å². The Morgan fingerprint density at radius 3 is 2.73 bits per heavy atom. The van der Waals surface area contributed by atoms with Crippen LogP contribution in [0.4, 0.5) is 0 Å². The quantitative estimate of drug-likeness (QED) is 0.612. The lowest BCUT2D eigenvalue weighted by molar-refractivity contribution is -0.154. The lowest BCUT2D eigenvalue weighted by Gasteiger charge is -2.28. The SMILES string of the molecule is CCC1COCC(COC)O1. The molecule has 0 spiro atoms. The molecule has 0 bridgehead atoms. The van der Waals surface area contributed by atoms with E-state index in [9.17, 15) is 0 Å². The van der Waals surface area contributed by atoms with E-state index in [1.54, 1.807) is 7.11 Å². The highest BCUT2D eigenvalue weighted by Crippen LogP contribution is 2.10. The van der Waals surface area contributed by atoms with Gasteiger partial charge in [0.25, 0.3) is 0 Å². The Hall–Kier alpha value is -0.120. The maximum atomic E-state index is 5.63. The van der Waals surface area contributed by atoms with Crippen molar-refractivity contribution in [2.24, 2.45) is 0 Å². The van der Waals surface area contributed by atoms with Gasteiger partial charge < -0.3 is 14.2 Å². The smallest absolute Gasteiger partial charge is 0.105 e. The molecule has 0 aromatic heterocycles. The number of hydrogen-bond donors (Lipinski definition) is 0. The fourth-order valence-corrected chi connectivity index (χ4v) is 1.17. The lowest BCUT2D eigenvalue weighted by Crippen LogP contribution is -2.38. The molecule has 1 fully saturated rings. The van der Waals surface area contributed by atoms with Crippen LogP contribution < -0.4 is 0 Å². The Balaban J connectivity index is 2.21. The molecule has 66 valence electrons. The summed E-state index contributed by atoms with van der Waals surface area (Å²) in [7, 11) is 1.68. The lowest BCUT2D eigenvalue weighted by atomic mass is 10.2. The molecule has 3 nitrogen and oxygen atoms in total. The number of methoxy groups -OCH3 is 1. The van der Waals surface area contributed by atoms with Gasteiger partial charge >= 0.3 is 0 Å². The van der Waals surface area contributed by atoms with Crippen LogP contribution in [-0.2, 0) is 14.2 Å². The Kier molecular flexibility index (Phi) is 3.83. The van der Waals surface area contributed by atoms with E-state index in [4.69, 9.17) is 14.2 Å². The average molecular weight is 160 g/mol. The molecule has 0 N–H and O–H groups in total. The van der Waals surface area contributed by atoms with Crippen LogP contribution in [0.5, 0.6) is 0 Å². The minimum absolute atomic E-state index is 0.138. The van der Waals surface area contributed by atoms with Gasteiger partial charge in [0.05, 0.1) is 25.9 Å². The molecule has 0 saturated carbocycles. The van der Waals surface area contributed by atoms with Crippen molar-refractivity contribution >= 4 is 0 Å². The molecule has 1 heterocycles. The van der Waals surface area contributed by atoms with Crippen molar-refractivity contribution in [1.82, 2.24) is 0 Å². The van der Waals surface area contributed by atoms with Crippen LogP contribution in [0.15, 0.2) is 0 Å². The zero-order valence-corrected chi connectivity index (χ0v) is 7.21. The third-order valence-corrected chi connectivity index (χ3v) is 1.80. The van der Waals surface area contributed by atoms with E-state index >= 15 is 0 Å². The van der Waals surface area contributed by atoms with Crippen LogP contribution in [-0.4, -0.2) is 39.1 Å². The van der Waals surface area contributed by atoms with Crippen LogP contribution in [0.2, 0.25) is 0 Å². The minimum atomic E-state index is 0.138. The summed E-state index contributed by atoms with van der Waals surface area (Å²) in [5, 5.41) is 0. The monoisotopic (exact) mass is 160 g/mol. The van der Waals surface area contributed by atoms with Gasteiger partial charge in [0.1, 0.15) is 6.10 Å². The van der Waals surface area contributed by atoms with E-state index in [-0.39, 0.29) is 12.2 Å². The summed E-state index contributed by atoms with van der Waals surface area (Å²) in [4.78, 5) is 0. The van der Waals surface area contributed by atoms with Crippen LogP contribution in [0.1, 0.15) is 13.3 Å². The normalized spacial score (nSPS) is 32.2. The molecule has 1 aliphatic rings. The fourth-order valence-electron chi connectivity index (χ4n) is 1.17. The van der Waals surface area contributed by atoms with Gasteiger partial charge in [-0.3, -0.25) is 0 Å². The van der Waals surface area contributed by atoms with E-state index in [2.05, 4.69) is 6.92 Å². The second-order valence-corrected chi connectivity index (χ2v) is 2.78. The van der Waals surface area contributed by atoms with Crippen LogP contribution in [0.25, 0.3) is 0 Å². The first-order chi connectivity index (χ1) is 5.36. The van der Waals surface area contributed by atoms with Crippen molar-refractivity contribution < 1.29 is 14.2 Å². The molecular formula is C8H16O3. The molecular weight excluding hydrogens is 144 g/mol. The summed E-state index contributed by atoms with van der Waals surface area (Å²) in [5.41, 5.74) is 0. The average Bonchev–Trinajstić information content (AvgIpc) is 2.06. The highest BCUT2D eigenvalue weighted by Gasteiger charge is 2.20. The Bertz CT molecular complexity index is 104. The van der Waals surface area contributed by atoms with Crippen molar-refractivity contribution in [3.8, 4) is 0 Å². The molecule has 0 aromatic carbocycles.